The van der Waals surface area contributed by atoms with Gasteiger partial charge in [0, 0.05) is 36.4 Å². The Bertz CT molecular complexity index is 943. The van der Waals surface area contributed by atoms with Crippen molar-refractivity contribution in [2.75, 3.05) is 29.9 Å². The second-order valence-corrected chi connectivity index (χ2v) is 6.70. The molecular weight excluding hydrogens is 338 g/mol. The molecule has 1 fully saturated rings. The normalized spacial score (nSPS) is 16.5. The van der Waals surface area contributed by atoms with E-state index in [1.807, 2.05) is 49.4 Å². The van der Waals surface area contributed by atoms with Gasteiger partial charge in [0.05, 0.1) is 17.8 Å². The van der Waals surface area contributed by atoms with Gasteiger partial charge in [-0.25, -0.2) is 4.79 Å². The minimum atomic E-state index is -0.315. The van der Waals surface area contributed by atoms with Crippen LogP contribution < -0.4 is 10.2 Å². The van der Waals surface area contributed by atoms with Crippen LogP contribution in [0.4, 0.5) is 11.4 Å². The fourth-order valence-electron chi connectivity index (χ4n) is 3.68. The molecule has 5 nitrogen and oxygen atoms in total. The maximum atomic E-state index is 12.5. The highest BCUT2D eigenvalue weighted by Gasteiger charge is 2.28. The molecule has 1 aromatic heterocycles. The maximum absolute atomic E-state index is 12.5. The summed E-state index contributed by atoms with van der Waals surface area (Å²) in [5.41, 5.74) is 3.47. The molecule has 0 saturated carbocycles. The van der Waals surface area contributed by atoms with Gasteiger partial charge in [-0.2, -0.15) is 0 Å². The summed E-state index contributed by atoms with van der Waals surface area (Å²) < 4.78 is 5.28. The molecule has 2 aromatic carbocycles. The summed E-state index contributed by atoms with van der Waals surface area (Å²) >= 11 is 0. The molecular formula is C22H23N3O2. The first kappa shape index (κ1) is 17.3. The third kappa shape index (κ3) is 3.58. The van der Waals surface area contributed by atoms with Crippen molar-refractivity contribution < 1.29 is 9.53 Å². The number of para-hydroxylation sites is 2. The third-order valence-corrected chi connectivity index (χ3v) is 4.89. The van der Waals surface area contributed by atoms with Crippen molar-refractivity contribution >= 4 is 28.2 Å². The van der Waals surface area contributed by atoms with Gasteiger partial charge in [0.2, 0.25) is 0 Å². The highest BCUT2D eigenvalue weighted by atomic mass is 16.5. The number of benzene rings is 2. The number of aromatic nitrogens is 1. The van der Waals surface area contributed by atoms with Crippen LogP contribution in [0.5, 0.6) is 0 Å². The monoisotopic (exact) mass is 361 g/mol. The van der Waals surface area contributed by atoms with Gasteiger partial charge in [0.25, 0.3) is 0 Å². The van der Waals surface area contributed by atoms with E-state index in [0.29, 0.717) is 18.2 Å². The average Bonchev–Trinajstić information content (AvgIpc) is 3.16. The van der Waals surface area contributed by atoms with E-state index in [0.717, 1.165) is 41.8 Å². The maximum Gasteiger partial charge on any atom is 0.341 e. The zero-order valence-electron chi connectivity index (χ0n) is 15.4. The Morgan fingerprint density at radius 2 is 1.96 bits per heavy atom. The van der Waals surface area contributed by atoms with Crippen LogP contribution in [0, 0.1) is 0 Å². The van der Waals surface area contributed by atoms with Gasteiger partial charge in [-0.15, -0.1) is 0 Å². The predicted octanol–water partition coefficient (Wildman–Crippen LogP) is 4.10. The van der Waals surface area contributed by atoms with Crippen LogP contribution in [-0.4, -0.2) is 36.7 Å². The van der Waals surface area contributed by atoms with Gasteiger partial charge < -0.3 is 15.0 Å². The van der Waals surface area contributed by atoms with E-state index in [1.54, 1.807) is 6.20 Å². The summed E-state index contributed by atoms with van der Waals surface area (Å²) in [6, 6.07) is 18.5. The fourth-order valence-corrected chi connectivity index (χ4v) is 3.68. The molecule has 1 atom stereocenters. The van der Waals surface area contributed by atoms with Crippen molar-refractivity contribution in [1.29, 1.82) is 0 Å². The number of carbonyl (C=O) groups excluding carboxylic acids is 1. The van der Waals surface area contributed by atoms with E-state index in [9.17, 15) is 4.79 Å². The van der Waals surface area contributed by atoms with Crippen LogP contribution in [0.2, 0.25) is 0 Å². The van der Waals surface area contributed by atoms with E-state index >= 15 is 0 Å². The topological polar surface area (TPSA) is 54.5 Å². The SMILES string of the molecule is CCOC(=O)c1cnc2ccccc2c1N1CCC(Nc2ccccc2)C1. The lowest BCUT2D eigenvalue weighted by Gasteiger charge is -2.23. The Morgan fingerprint density at radius 3 is 2.78 bits per heavy atom. The van der Waals surface area contributed by atoms with Gasteiger partial charge in [0.15, 0.2) is 0 Å². The molecule has 4 rings (SSSR count). The first-order valence-electron chi connectivity index (χ1n) is 9.37. The Hall–Kier alpha value is -3.08. The van der Waals surface area contributed by atoms with Crippen molar-refractivity contribution in [3.63, 3.8) is 0 Å². The number of rotatable bonds is 5. The molecule has 138 valence electrons. The van der Waals surface area contributed by atoms with Crippen LogP contribution in [-0.2, 0) is 4.74 Å². The molecule has 1 unspecified atom stereocenters. The molecule has 1 saturated heterocycles. The predicted molar refractivity (Wildman–Crippen MR) is 108 cm³/mol. The minimum Gasteiger partial charge on any atom is -0.462 e. The molecule has 3 aromatic rings. The number of anilines is 2. The van der Waals surface area contributed by atoms with Gasteiger partial charge in [-0.05, 0) is 31.5 Å². The van der Waals surface area contributed by atoms with Gasteiger partial charge in [0.1, 0.15) is 5.56 Å². The van der Waals surface area contributed by atoms with E-state index in [-0.39, 0.29) is 5.97 Å². The second-order valence-electron chi connectivity index (χ2n) is 6.70. The van der Waals surface area contributed by atoms with Gasteiger partial charge in [-0.3, -0.25) is 4.98 Å². The van der Waals surface area contributed by atoms with Crippen molar-refractivity contribution in [2.45, 2.75) is 19.4 Å². The number of pyridine rings is 1. The Kier molecular flexibility index (Phi) is 4.92. The summed E-state index contributed by atoms with van der Waals surface area (Å²) in [6.45, 7) is 3.88. The Balaban J connectivity index is 1.66. The molecule has 1 aliphatic heterocycles. The molecule has 1 aliphatic rings. The van der Waals surface area contributed by atoms with Crippen LogP contribution in [0.25, 0.3) is 10.9 Å². The molecule has 27 heavy (non-hydrogen) atoms. The summed E-state index contributed by atoms with van der Waals surface area (Å²) in [4.78, 5) is 19.3. The largest absolute Gasteiger partial charge is 0.462 e. The lowest BCUT2D eigenvalue weighted by atomic mass is 10.1. The number of fused-ring (bicyclic) bond motifs is 1. The van der Waals surface area contributed by atoms with E-state index in [4.69, 9.17) is 4.74 Å². The quantitative estimate of drug-likeness (QED) is 0.693. The molecule has 0 aliphatic carbocycles. The molecule has 5 heteroatoms. The van der Waals surface area contributed by atoms with Crippen molar-refractivity contribution in [3.8, 4) is 0 Å². The number of ether oxygens (including phenoxy) is 1. The summed E-state index contributed by atoms with van der Waals surface area (Å²) in [6.07, 6.45) is 2.65. The lowest BCUT2D eigenvalue weighted by Crippen LogP contribution is -2.27. The molecule has 0 bridgehead atoms. The van der Waals surface area contributed by atoms with E-state index in [1.165, 1.54) is 0 Å². The van der Waals surface area contributed by atoms with Gasteiger partial charge in [-0.1, -0.05) is 36.4 Å². The third-order valence-electron chi connectivity index (χ3n) is 4.89. The van der Waals surface area contributed by atoms with Crippen LogP contribution >= 0.6 is 0 Å². The zero-order chi connectivity index (χ0) is 18.6. The van der Waals surface area contributed by atoms with Crippen molar-refractivity contribution in [2.24, 2.45) is 0 Å². The van der Waals surface area contributed by atoms with E-state index < -0.39 is 0 Å². The number of carbonyl (C=O) groups is 1. The summed E-state index contributed by atoms with van der Waals surface area (Å²) in [5, 5.41) is 4.58. The standard InChI is InChI=1S/C22H23N3O2/c1-2-27-22(26)19-14-23-20-11-7-6-10-18(20)21(19)25-13-12-17(15-25)24-16-8-4-3-5-9-16/h3-11,14,17,24H,2,12-13,15H2,1H3. The lowest BCUT2D eigenvalue weighted by molar-refractivity contribution is 0.0527. The Morgan fingerprint density at radius 1 is 1.19 bits per heavy atom. The molecule has 1 N–H and O–H groups in total. The van der Waals surface area contributed by atoms with Crippen LogP contribution in [0.1, 0.15) is 23.7 Å². The number of nitrogens with one attached hydrogen (secondary N) is 1. The molecule has 0 radical (unpaired) electrons. The second kappa shape index (κ2) is 7.66. The molecule has 2 heterocycles. The van der Waals surface area contributed by atoms with Crippen molar-refractivity contribution in [3.05, 3.63) is 66.4 Å². The highest BCUT2D eigenvalue weighted by molar-refractivity contribution is 6.05. The smallest absolute Gasteiger partial charge is 0.341 e. The highest BCUT2D eigenvalue weighted by Crippen LogP contribution is 2.33. The van der Waals surface area contributed by atoms with Crippen LogP contribution in [0.3, 0.4) is 0 Å². The number of esters is 1. The van der Waals surface area contributed by atoms with Crippen molar-refractivity contribution in [1.82, 2.24) is 4.98 Å². The average molecular weight is 361 g/mol. The van der Waals surface area contributed by atoms with E-state index in [2.05, 4.69) is 27.3 Å². The number of hydrogen-bond acceptors (Lipinski definition) is 5. The minimum absolute atomic E-state index is 0.315. The molecule has 0 amide bonds. The molecule has 0 spiro atoms. The zero-order valence-corrected chi connectivity index (χ0v) is 15.4. The first-order valence-corrected chi connectivity index (χ1v) is 9.37. The number of nitrogens with zero attached hydrogens (tertiary/aromatic N) is 2. The number of hydrogen-bond donors (Lipinski definition) is 1. The first-order chi connectivity index (χ1) is 13.3. The summed E-state index contributed by atoms with van der Waals surface area (Å²) in [7, 11) is 0. The van der Waals surface area contributed by atoms with Gasteiger partial charge >= 0.3 is 5.97 Å². The Labute approximate surface area is 159 Å². The summed E-state index contributed by atoms with van der Waals surface area (Å²) in [5.74, 6) is -0.315. The fraction of sp³-hybridized carbons (Fsp3) is 0.273. The van der Waals surface area contributed by atoms with Crippen LogP contribution in [0.15, 0.2) is 60.8 Å².